The van der Waals surface area contributed by atoms with Gasteiger partial charge in [0, 0.05) is 18.2 Å². The molecule has 3 N–H and O–H groups in total. The molecular formula is C16H14F3N3O2. The number of anilines is 1. The molecule has 1 saturated carbocycles. The second-order valence-electron chi connectivity index (χ2n) is 5.59. The van der Waals surface area contributed by atoms with Crippen molar-refractivity contribution in [2.75, 3.05) is 5.32 Å². The fourth-order valence-corrected chi connectivity index (χ4v) is 2.49. The van der Waals surface area contributed by atoms with Gasteiger partial charge >= 0.3 is 12.2 Å². The van der Waals surface area contributed by atoms with Crippen LogP contribution in [0, 0.1) is 0 Å². The van der Waals surface area contributed by atoms with Crippen molar-refractivity contribution in [2.24, 2.45) is 0 Å². The smallest absolute Gasteiger partial charge is 0.334 e. The molecule has 8 heteroatoms. The Labute approximate surface area is 134 Å². The molecule has 2 aromatic rings. The minimum absolute atomic E-state index is 0.0997. The Bertz CT molecular complexity index is 802. The number of aromatic amines is 1. The minimum Gasteiger partial charge on any atom is -0.334 e. The normalized spacial score (nSPS) is 19.6. The molecule has 0 saturated heterocycles. The zero-order valence-electron chi connectivity index (χ0n) is 12.4. The fraction of sp³-hybridized carbons (Fsp3) is 0.250. The molecule has 0 unspecified atom stereocenters. The van der Waals surface area contributed by atoms with Crippen LogP contribution in [0.15, 0.2) is 47.4 Å². The van der Waals surface area contributed by atoms with Gasteiger partial charge in [-0.25, -0.2) is 4.79 Å². The number of hydrogen-bond donors (Lipinski definition) is 3. The molecule has 1 aromatic heterocycles. The summed E-state index contributed by atoms with van der Waals surface area (Å²) in [5, 5.41) is 4.82. The highest BCUT2D eigenvalue weighted by atomic mass is 19.4. The molecule has 1 fully saturated rings. The van der Waals surface area contributed by atoms with E-state index in [0.29, 0.717) is 12.3 Å². The second-order valence-corrected chi connectivity index (χ2v) is 5.59. The second kappa shape index (κ2) is 6.03. The van der Waals surface area contributed by atoms with E-state index in [1.165, 1.54) is 0 Å². The largest absolute Gasteiger partial charge is 0.417 e. The highest BCUT2D eigenvalue weighted by Crippen LogP contribution is 2.40. The van der Waals surface area contributed by atoms with Crippen molar-refractivity contribution < 1.29 is 18.0 Å². The number of carbonyl (C=O) groups excluding carboxylic acids is 1. The van der Waals surface area contributed by atoms with Crippen LogP contribution in [0.3, 0.4) is 0 Å². The molecule has 2 atom stereocenters. The van der Waals surface area contributed by atoms with Gasteiger partial charge < -0.3 is 15.6 Å². The number of rotatable bonds is 3. The maximum absolute atomic E-state index is 12.6. The first kappa shape index (κ1) is 16.1. The van der Waals surface area contributed by atoms with Crippen LogP contribution in [0.2, 0.25) is 0 Å². The predicted octanol–water partition coefficient (Wildman–Crippen LogP) is 3.07. The van der Waals surface area contributed by atoms with E-state index < -0.39 is 29.0 Å². The number of amides is 2. The lowest BCUT2D eigenvalue weighted by Gasteiger charge is -2.10. The maximum atomic E-state index is 12.6. The molecule has 24 heavy (non-hydrogen) atoms. The highest BCUT2D eigenvalue weighted by molar-refractivity contribution is 5.89. The lowest BCUT2D eigenvalue weighted by molar-refractivity contribution is -0.137. The van der Waals surface area contributed by atoms with Crippen LogP contribution in [0.1, 0.15) is 23.5 Å². The van der Waals surface area contributed by atoms with Gasteiger partial charge in [-0.05, 0) is 18.1 Å². The van der Waals surface area contributed by atoms with Crippen molar-refractivity contribution in [3.8, 4) is 0 Å². The standard InChI is InChI=1S/C16H14F3N3O2/c17-16(18,19)10-6-13(14(23)20-8-10)22-15(24)21-12-7-11(12)9-4-2-1-3-5-9/h1-6,8,11-12H,7H2,(H,20,23)(H2,21,22,24)/t11-,12+/m0/s1. The Morgan fingerprint density at radius 3 is 2.58 bits per heavy atom. The van der Waals surface area contributed by atoms with Crippen LogP contribution in [0.5, 0.6) is 0 Å². The van der Waals surface area contributed by atoms with Crippen LogP contribution in [-0.2, 0) is 6.18 Å². The van der Waals surface area contributed by atoms with E-state index in [4.69, 9.17) is 0 Å². The maximum Gasteiger partial charge on any atom is 0.417 e. The summed E-state index contributed by atoms with van der Waals surface area (Å²) < 4.78 is 37.9. The highest BCUT2D eigenvalue weighted by Gasteiger charge is 2.39. The van der Waals surface area contributed by atoms with Crippen LogP contribution in [-0.4, -0.2) is 17.1 Å². The molecule has 2 amide bonds. The molecule has 3 rings (SSSR count). The van der Waals surface area contributed by atoms with Crippen molar-refractivity contribution in [2.45, 2.75) is 24.6 Å². The number of carbonyl (C=O) groups is 1. The molecule has 1 aliphatic carbocycles. The SMILES string of the molecule is O=C(Nc1cc(C(F)(F)F)c[nH]c1=O)N[C@@H]1C[C@H]1c1ccccc1. The Hall–Kier alpha value is -2.77. The number of H-pyrrole nitrogens is 1. The first-order valence-electron chi connectivity index (χ1n) is 7.27. The van der Waals surface area contributed by atoms with Gasteiger partial charge in [0.2, 0.25) is 0 Å². The first-order valence-corrected chi connectivity index (χ1v) is 7.27. The fourth-order valence-electron chi connectivity index (χ4n) is 2.49. The summed E-state index contributed by atoms with van der Waals surface area (Å²) in [7, 11) is 0. The first-order chi connectivity index (χ1) is 11.3. The number of hydrogen-bond acceptors (Lipinski definition) is 2. The van der Waals surface area contributed by atoms with Gasteiger partial charge in [0.25, 0.3) is 5.56 Å². The summed E-state index contributed by atoms with van der Waals surface area (Å²) in [6, 6.07) is 9.38. The molecular weight excluding hydrogens is 323 g/mol. The summed E-state index contributed by atoms with van der Waals surface area (Å²) in [6.07, 6.45) is -3.29. The molecule has 5 nitrogen and oxygen atoms in total. The molecule has 0 radical (unpaired) electrons. The van der Waals surface area contributed by atoms with Gasteiger partial charge in [0.15, 0.2) is 0 Å². The molecule has 1 aromatic carbocycles. The van der Waals surface area contributed by atoms with Crippen molar-refractivity contribution in [1.82, 2.24) is 10.3 Å². The number of alkyl halides is 3. The number of halogens is 3. The zero-order valence-corrected chi connectivity index (χ0v) is 12.4. The summed E-state index contributed by atoms with van der Waals surface area (Å²) in [6.45, 7) is 0. The van der Waals surface area contributed by atoms with E-state index in [9.17, 15) is 22.8 Å². The topological polar surface area (TPSA) is 74.0 Å². The monoisotopic (exact) mass is 337 g/mol. The van der Waals surface area contributed by atoms with E-state index >= 15 is 0 Å². The van der Waals surface area contributed by atoms with E-state index in [1.807, 2.05) is 35.3 Å². The van der Waals surface area contributed by atoms with Crippen molar-refractivity contribution in [3.63, 3.8) is 0 Å². The van der Waals surface area contributed by atoms with Crippen LogP contribution in [0.4, 0.5) is 23.7 Å². The Morgan fingerprint density at radius 1 is 1.21 bits per heavy atom. The average Bonchev–Trinajstić information content (AvgIpc) is 3.28. The van der Waals surface area contributed by atoms with Crippen LogP contribution < -0.4 is 16.2 Å². The molecule has 1 aliphatic rings. The van der Waals surface area contributed by atoms with Gasteiger partial charge in [0.1, 0.15) is 5.69 Å². The predicted molar refractivity (Wildman–Crippen MR) is 81.8 cm³/mol. The van der Waals surface area contributed by atoms with Gasteiger partial charge in [-0.2, -0.15) is 13.2 Å². The Morgan fingerprint density at radius 2 is 1.92 bits per heavy atom. The number of nitrogens with one attached hydrogen (secondary N) is 3. The summed E-state index contributed by atoms with van der Waals surface area (Å²) in [5.74, 6) is 0.178. The Kier molecular flexibility index (Phi) is 4.04. The quantitative estimate of drug-likeness (QED) is 0.805. The average molecular weight is 337 g/mol. The number of urea groups is 1. The van der Waals surface area contributed by atoms with Gasteiger partial charge in [-0.15, -0.1) is 0 Å². The van der Waals surface area contributed by atoms with Crippen molar-refractivity contribution >= 4 is 11.7 Å². The van der Waals surface area contributed by atoms with Crippen molar-refractivity contribution in [3.05, 3.63) is 64.1 Å². The van der Waals surface area contributed by atoms with Gasteiger partial charge in [0.05, 0.1) is 5.56 Å². The molecule has 0 bridgehead atoms. The van der Waals surface area contributed by atoms with E-state index in [0.717, 1.165) is 12.0 Å². The molecule has 0 aliphatic heterocycles. The molecule has 1 heterocycles. The molecule has 0 spiro atoms. The third kappa shape index (κ3) is 3.58. The summed E-state index contributed by atoms with van der Waals surface area (Å²) >= 11 is 0. The minimum atomic E-state index is -4.61. The third-order valence-corrected chi connectivity index (χ3v) is 3.81. The van der Waals surface area contributed by atoms with Crippen molar-refractivity contribution in [1.29, 1.82) is 0 Å². The number of pyridine rings is 1. The van der Waals surface area contributed by atoms with Crippen LogP contribution >= 0.6 is 0 Å². The summed E-state index contributed by atoms with van der Waals surface area (Å²) in [4.78, 5) is 25.4. The van der Waals surface area contributed by atoms with E-state index in [-0.39, 0.29) is 12.0 Å². The molecule has 126 valence electrons. The number of aromatic nitrogens is 1. The van der Waals surface area contributed by atoms with E-state index in [2.05, 4.69) is 10.6 Å². The lowest BCUT2D eigenvalue weighted by Crippen LogP contribution is -2.33. The van der Waals surface area contributed by atoms with Crippen LogP contribution in [0.25, 0.3) is 0 Å². The Balaban J connectivity index is 1.63. The van der Waals surface area contributed by atoms with Gasteiger partial charge in [-0.1, -0.05) is 30.3 Å². The third-order valence-electron chi connectivity index (χ3n) is 3.81. The zero-order chi connectivity index (χ0) is 17.3. The van der Waals surface area contributed by atoms with E-state index in [1.54, 1.807) is 0 Å². The lowest BCUT2D eigenvalue weighted by atomic mass is 10.1. The summed E-state index contributed by atoms with van der Waals surface area (Å²) in [5.41, 5.74) is -1.20. The number of benzene rings is 1. The van der Waals surface area contributed by atoms with Gasteiger partial charge in [-0.3, -0.25) is 4.79 Å².